The highest BCUT2D eigenvalue weighted by atomic mass is 16.5. The smallest absolute Gasteiger partial charge is 0.332 e. The fraction of sp³-hybridized carbons (Fsp3) is 0.348. The zero-order valence-electron chi connectivity index (χ0n) is 16.8. The second-order valence-electron chi connectivity index (χ2n) is 7.96. The van der Waals surface area contributed by atoms with Crippen LogP contribution in [-0.2, 0) is 14.3 Å². The van der Waals surface area contributed by atoms with Crippen LogP contribution in [0.4, 0.5) is 10.5 Å². The molecule has 0 spiro atoms. The van der Waals surface area contributed by atoms with Gasteiger partial charge in [-0.3, -0.25) is 9.59 Å². The van der Waals surface area contributed by atoms with Gasteiger partial charge in [0.05, 0.1) is 30.9 Å². The molecule has 154 valence electrons. The molecule has 0 bridgehead atoms. The van der Waals surface area contributed by atoms with Crippen molar-refractivity contribution in [3.8, 4) is 5.75 Å². The Bertz CT molecular complexity index is 1040. The van der Waals surface area contributed by atoms with Crippen molar-refractivity contribution >= 4 is 23.6 Å². The first-order chi connectivity index (χ1) is 14.5. The van der Waals surface area contributed by atoms with Gasteiger partial charge in [-0.25, -0.2) is 9.69 Å². The third-order valence-electron chi connectivity index (χ3n) is 6.48. The Labute approximate surface area is 174 Å². The van der Waals surface area contributed by atoms with Gasteiger partial charge in [0, 0.05) is 11.5 Å². The highest BCUT2D eigenvalue weighted by molar-refractivity contribution is 6.24. The number of carbonyl (C=O) groups is 3. The molecule has 3 amide bonds. The second kappa shape index (κ2) is 6.58. The number of hydrogen-bond acceptors (Lipinski definition) is 5. The Hall–Kier alpha value is -3.35. The van der Waals surface area contributed by atoms with Gasteiger partial charge in [0.2, 0.25) is 0 Å². The summed E-state index contributed by atoms with van der Waals surface area (Å²) < 4.78 is 11.3. The lowest BCUT2D eigenvalue weighted by atomic mass is 9.77. The molecule has 0 saturated carbocycles. The van der Waals surface area contributed by atoms with Crippen molar-refractivity contribution in [2.45, 2.75) is 25.4 Å². The monoisotopic (exact) mass is 406 g/mol. The molecule has 0 radical (unpaired) electrons. The topological polar surface area (TPSA) is 76.2 Å². The molecule has 0 aliphatic carbocycles. The number of para-hydroxylation sites is 2. The number of anilines is 1. The van der Waals surface area contributed by atoms with E-state index in [-0.39, 0.29) is 19.1 Å². The van der Waals surface area contributed by atoms with Gasteiger partial charge in [-0.15, -0.1) is 0 Å². The third-order valence-corrected chi connectivity index (χ3v) is 6.48. The lowest BCUT2D eigenvalue weighted by Crippen LogP contribution is -2.51. The van der Waals surface area contributed by atoms with Crippen molar-refractivity contribution in [1.29, 1.82) is 0 Å². The van der Waals surface area contributed by atoms with Crippen LogP contribution in [0.25, 0.3) is 0 Å². The number of ether oxygens (including phenoxy) is 2. The quantitative estimate of drug-likeness (QED) is 0.578. The van der Waals surface area contributed by atoms with Crippen molar-refractivity contribution in [2.24, 2.45) is 11.8 Å². The zero-order chi connectivity index (χ0) is 21.0. The maximum Gasteiger partial charge on any atom is 0.332 e. The van der Waals surface area contributed by atoms with E-state index in [4.69, 9.17) is 9.47 Å². The number of nitrogens with zero attached hydrogens (tertiary/aromatic N) is 2. The van der Waals surface area contributed by atoms with Crippen LogP contribution >= 0.6 is 0 Å². The summed E-state index contributed by atoms with van der Waals surface area (Å²) in [7, 11) is 0. The Morgan fingerprint density at radius 1 is 1.13 bits per heavy atom. The summed E-state index contributed by atoms with van der Waals surface area (Å²) in [6.45, 7) is 3.85. The standard InChI is InChI=1S/C23H22N2O5/c1-3-29-20(26)18-16-13-30-17-12-8-7-11-15(17)19(16)25-22(28)24(21(27)23(18,25)2)14-9-5-4-6-10-14/h4-12,16,18-19H,3,13H2,1-2H3/t16-,18+,19+,23-/m1/s1. The maximum absolute atomic E-state index is 13.7. The Morgan fingerprint density at radius 2 is 1.83 bits per heavy atom. The van der Waals surface area contributed by atoms with Crippen molar-refractivity contribution in [1.82, 2.24) is 4.90 Å². The van der Waals surface area contributed by atoms with Crippen LogP contribution in [0.1, 0.15) is 25.5 Å². The fourth-order valence-corrected chi connectivity index (χ4v) is 5.24. The maximum atomic E-state index is 13.7. The van der Waals surface area contributed by atoms with Crippen LogP contribution in [0.15, 0.2) is 54.6 Å². The number of fused-ring (bicyclic) bond motifs is 5. The molecule has 0 N–H and O–H groups in total. The van der Waals surface area contributed by atoms with Gasteiger partial charge in [0.25, 0.3) is 5.91 Å². The molecule has 3 aliphatic heterocycles. The number of carbonyl (C=O) groups excluding carboxylic acids is 3. The number of rotatable bonds is 3. The van der Waals surface area contributed by atoms with Gasteiger partial charge in [-0.1, -0.05) is 36.4 Å². The normalized spacial score (nSPS) is 29.2. The van der Waals surface area contributed by atoms with Crippen molar-refractivity contribution < 1.29 is 23.9 Å². The van der Waals surface area contributed by atoms with Crippen LogP contribution in [0.5, 0.6) is 5.75 Å². The average Bonchev–Trinajstić information content (AvgIpc) is 3.14. The molecule has 3 heterocycles. The van der Waals surface area contributed by atoms with Gasteiger partial charge < -0.3 is 14.4 Å². The fourth-order valence-electron chi connectivity index (χ4n) is 5.24. The summed E-state index contributed by atoms with van der Waals surface area (Å²) in [5.74, 6) is -1.40. The lowest BCUT2D eigenvalue weighted by Gasteiger charge is -2.34. The summed E-state index contributed by atoms with van der Waals surface area (Å²) in [4.78, 5) is 43.2. The highest BCUT2D eigenvalue weighted by Gasteiger charge is 2.72. The van der Waals surface area contributed by atoms with Gasteiger partial charge >= 0.3 is 12.0 Å². The van der Waals surface area contributed by atoms with E-state index in [1.807, 2.05) is 30.3 Å². The molecule has 2 aromatic rings. The molecule has 7 nitrogen and oxygen atoms in total. The van der Waals surface area contributed by atoms with Crippen molar-refractivity contribution in [2.75, 3.05) is 18.1 Å². The van der Waals surface area contributed by atoms with Gasteiger partial charge in [-0.05, 0) is 32.0 Å². The molecule has 2 saturated heterocycles. The van der Waals surface area contributed by atoms with Crippen LogP contribution in [0.3, 0.4) is 0 Å². The van der Waals surface area contributed by atoms with Crippen molar-refractivity contribution in [3.05, 3.63) is 60.2 Å². The first-order valence-electron chi connectivity index (χ1n) is 10.1. The number of hydrogen-bond donors (Lipinski definition) is 0. The summed E-state index contributed by atoms with van der Waals surface area (Å²) in [5.41, 5.74) is -0.0551. The molecule has 7 heteroatoms. The minimum Gasteiger partial charge on any atom is -0.493 e. The van der Waals surface area contributed by atoms with Crippen LogP contribution < -0.4 is 9.64 Å². The molecular weight excluding hydrogens is 384 g/mol. The predicted octanol–water partition coefficient (Wildman–Crippen LogP) is 3.16. The molecule has 5 rings (SSSR count). The minimum absolute atomic E-state index is 0.199. The van der Waals surface area contributed by atoms with E-state index in [0.29, 0.717) is 11.4 Å². The highest BCUT2D eigenvalue weighted by Crippen LogP contribution is 2.58. The van der Waals surface area contributed by atoms with E-state index < -0.39 is 35.4 Å². The second-order valence-corrected chi connectivity index (χ2v) is 7.96. The molecule has 30 heavy (non-hydrogen) atoms. The van der Waals surface area contributed by atoms with Gasteiger partial charge in [0.1, 0.15) is 11.3 Å². The molecule has 2 aromatic carbocycles. The minimum atomic E-state index is -1.35. The van der Waals surface area contributed by atoms with E-state index >= 15 is 0 Å². The van der Waals surface area contributed by atoms with E-state index in [9.17, 15) is 14.4 Å². The SMILES string of the molecule is CCOC(=O)[C@@H]1[C@H]2COc3ccccc3[C@@H]2N2C(=O)N(c3ccccc3)C(=O)[C@@]12C. The summed E-state index contributed by atoms with van der Waals surface area (Å²) in [6.07, 6.45) is 0. The van der Waals surface area contributed by atoms with Gasteiger partial charge in [0.15, 0.2) is 0 Å². The van der Waals surface area contributed by atoms with Crippen LogP contribution in [-0.4, -0.2) is 41.6 Å². The predicted molar refractivity (Wildman–Crippen MR) is 108 cm³/mol. The zero-order valence-corrected chi connectivity index (χ0v) is 16.8. The average molecular weight is 406 g/mol. The Kier molecular flexibility index (Phi) is 4.10. The first-order valence-corrected chi connectivity index (χ1v) is 10.1. The van der Waals surface area contributed by atoms with E-state index in [1.165, 1.54) is 4.90 Å². The Balaban J connectivity index is 1.69. The number of esters is 1. The molecular formula is C23H22N2O5. The number of imide groups is 1. The van der Waals surface area contributed by atoms with Crippen LogP contribution in [0, 0.1) is 11.8 Å². The number of amides is 3. The van der Waals surface area contributed by atoms with Crippen molar-refractivity contribution in [3.63, 3.8) is 0 Å². The van der Waals surface area contributed by atoms with E-state index in [1.54, 1.807) is 43.0 Å². The van der Waals surface area contributed by atoms with E-state index in [0.717, 1.165) is 5.56 Å². The molecule has 2 fully saturated rings. The number of urea groups is 1. The van der Waals surface area contributed by atoms with E-state index in [2.05, 4.69) is 0 Å². The first kappa shape index (κ1) is 18.7. The molecule has 3 aliphatic rings. The summed E-state index contributed by atoms with van der Waals surface area (Å²) in [5, 5.41) is 0. The third kappa shape index (κ3) is 2.29. The summed E-state index contributed by atoms with van der Waals surface area (Å²) >= 11 is 0. The largest absolute Gasteiger partial charge is 0.493 e. The molecule has 4 atom stereocenters. The lowest BCUT2D eigenvalue weighted by molar-refractivity contribution is -0.154. The summed E-state index contributed by atoms with van der Waals surface area (Å²) in [6, 6.07) is 15.4. The molecule has 0 unspecified atom stereocenters. The van der Waals surface area contributed by atoms with Crippen LogP contribution in [0.2, 0.25) is 0 Å². The van der Waals surface area contributed by atoms with Gasteiger partial charge in [-0.2, -0.15) is 0 Å². The number of benzene rings is 2. The Morgan fingerprint density at radius 3 is 2.57 bits per heavy atom. The molecule has 0 aromatic heterocycles.